The second-order valence-corrected chi connectivity index (χ2v) is 4.90. The van der Waals surface area contributed by atoms with Crippen LogP contribution < -0.4 is 0 Å². The summed E-state index contributed by atoms with van der Waals surface area (Å²) in [6.07, 6.45) is 1.14. The number of rotatable bonds is 2. The third-order valence-electron chi connectivity index (χ3n) is 2.47. The molecule has 1 atom stereocenters. The van der Waals surface area contributed by atoms with Crippen LogP contribution in [0.2, 0.25) is 0 Å². The summed E-state index contributed by atoms with van der Waals surface area (Å²) in [6.45, 7) is 1.84. The lowest BCUT2D eigenvalue weighted by atomic mass is 9.94. The molecule has 0 amide bonds. The Morgan fingerprint density at radius 2 is 2.28 bits per heavy atom. The Kier molecular flexibility index (Phi) is 3.74. The van der Waals surface area contributed by atoms with Gasteiger partial charge in [0.15, 0.2) is 17.5 Å². The average Bonchev–Trinajstić information content (AvgIpc) is 2.30. The van der Waals surface area contributed by atoms with Crippen LogP contribution in [0.1, 0.15) is 17.3 Å². The van der Waals surface area contributed by atoms with Gasteiger partial charge in [0, 0.05) is 15.3 Å². The third-order valence-corrected chi connectivity index (χ3v) is 3.09. The molecule has 1 aliphatic heterocycles. The standard InChI is InChI=1S/C12H9FINO3/c1-2-18-12(17)8-5-15-10-7(11(8)16)3-6(14)4-9(10)13/h3-5,8H,2H2,1H3. The molecule has 0 saturated carbocycles. The molecule has 1 aliphatic rings. The van der Waals surface area contributed by atoms with Gasteiger partial charge in [-0.25, -0.2) is 4.39 Å². The van der Waals surface area contributed by atoms with Crippen LogP contribution in [0.25, 0.3) is 0 Å². The second-order valence-electron chi connectivity index (χ2n) is 3.66. The molecule has 1 heterocycles. The molecule has 0 spiro atoms. The summed E-state index contributed by atoms with van der Waals surface area (Å²) in [6, 6.07) is 2.80. The fourth-order valence-electron chi connectivity index (χ4n) is 1.67. The Hall–Kier alpha value is -1.31. The van der Waals surface area contributed by atoms with Crippen molar-refractivity contribution in [1.29, 1.82) is 0 Å². The molecular weight excluding hydrogens is 352 g/mol. The van der Waals surface area contributed by atoms with Gasteiger partial charge in [0.25, 0.3) is 0 Å². The first-order chi connectivity index (χ1) is 8.54. The summed E-state index contributed by atoms with van der Waals surface area (Å²) in [5.74, 6) is -2.77. The minimum absolute atomic E-state index is 0.0130. The van der Waals surface area contributed by atoms with E-state index in [4.69, 9.17) is 4.74 Å². The Bertz CT molecular complexity index is 556. The van der Waals surface area contributed by atoms with Crippen LogP contribution in [0.3, 0.4) is 0 Å². The van der Waals surface area contributed by atoms with E-state index in [2.05, 4.69) is 4.99 Å². The molecule has 1 aromatic rings. The van der Waals surface area contributed by atoms with Crippen molar-refractivity contribution in [2.45, 2.75) is 6.92 Å². The molecule has 0 N–H and O–H groups in total. The summed E-state index contributed by atoms with van der Waals surface area (Å²) in [5, 5.41) is 0. The predicted octanol–water partition coefficient (Wildman–Crippen LogP) is 2.51. The maximum atomic E-state index is 13.6. The number of ketones is 1. The highest BCUT2D eigenvalue weighted by Gasteiger charge is 2.33. The number of halogens is 2. The number of ether oxygens (including phenoxy) is 1. The zero-order valence-corrected chi connectivity index (χ0v) is 11.6. The number of benzene rings is 1. The maximum Gasteiger partial charge on any atom is 0.322 e. The van der Waals surface area contributed by atoms with Crippen LogP contribution in [0.5, 0.6) is 0 Å². The van der Waals surface area contributed by atoms with E-state index in [9.17, 15) is 14.0 Å². The second kappa shape index (κ2) is 5.13. The first-order valence-corrected chi connectivity index (χ1v) is 6.36. The molecule has 0 bridgehead atoms. The maximum absolute atomic E-state index is 13.6. The third kappa shape index (κ3) is 2.29. The van der Waals surface area contributed by atoms with E-state index >= 15 is 0 Å². The van der Waals surface area contributed by atoms with Crippen molar-refractivity contribution < 1.29 is 18.7 Å². The van der Waals surface area contributed by atoms with E-state index in [0.29, 0.717) is 3.57 Å². The van der Waals surface area contributed by atoms with Gasteiger partial charge in [-0.1, -0.05) is 0 Å². The van der Waals surface area contributed by atoms with Crippen LogP contribution in [-0.2, 0) is 9.53 Å². The van der Waals surface area contributed by atoms with E-state index in [1.165, 1.54) is 12.1 Å². The molecule has 1 unspecified atom stereocenters. The molecule has 18 heavy (non-hydrogen) atoms. The fourth-order valence-corrected chi connectivity index (χ4v) is 2.25. The number of esters is 1. The minimum Gasteiger partial charge on any atom is -0.465 e. The number of fused-ring (bicyclic) bond motifs is 1. The van der Waals surface area contributed by atoms with E-state index in [-0.39, 0.29) is 17.9 Å². The Balaban J connectivity index is 2.43. The van der Waals surface area contributed by atoms with Crippen LogP contribution in [0.15, 0.2) is 17.1 Å². The molecule has 0 radical (unpaired) electrons. The molecule has 0 aliphatic carbocycles. The molecule has 0 saturated heterocycles. The van der Waals surface area contributed by atoms with Crippen molar-refractivity contribution in [2.24, 2.45) is 10.9 Å². The molecule has 0 aromatic heterocycles. The van der Waals surface area contributed by atoms with Gasteiger partial charge in [0.1, 0.15) is 5.69 Å². The molecule has 1 aromatic carbocycles. The van der Waals surface area contributed by atoms with Crippen molar-refractivity contribution >= 4 is 46.2 Å². The summed E-state index contributed by atoms with van der Waals surface area (Å²) >= 11 is 1.90. The van der Waals surface area contributed by atoms with Gasteiger partial charge >= 0.3 is 5.97 Å². The molecule has 4 nitrogen and oxygen atoms in total. The summed E-state index contributed by atoms with van der Waals surface area (Å²) in [7, 11) is 0. The van der Waals surface area contributed by atoms with Gasteiger partial charge in [-0.2, -0.15) is 0 Å². The van der Waals surface area contributed by atoms with E-state index in [1.54, 1.807) is 6.92 Å². The summed E-state index contributed by atoms with van der Waals surface area (Å²) in [4.78, 5) is 27.5. The van der Waals surface area contributed by atoms with Crippen molar-refractivity contribution in [3.8, 4) is 0 Å². The van der Waals surface area contributed by atoms with Gasteiger partial charge in [0.05, 0.1) is 6.61 Å². The number of nitrogens with zero attached hydrogens (tertiary/aromatic N) is 1. The fraction of sp³-hybridized carbons (Fsp3) is 0.250. The smallest absolute Gasteiger partial charge is 0.322 e. The lowest BCUT2D eigenvalue weighted by molar-refractivity contribution is -0.144. The molecule has 94 valence electrons. The van der Waals surface area contributed by atoms with Crippen LogP contribution in [0, 0.1) is 15.3 Å². The van der Waals surface area contributed by atoms with Gasteiger partial charge in [-0.3, -0.25) is 14.6 Å². The summed E-state index contributed by atoms with van der Waals surface area (Å²) in [5.41, 5.74) is 0.112. The van der Waals surface area contributed by atoms with Crippen LogP contribution >= 0.6 is 22.6 Å². The van der Waals surface area contributed by atoms with Crippen LogP contribution in [-0.4, -0.2) is 24.6 Å². The van der Waals surface area contributed by atoms with Crippen molar-refractivity contribution in [3.05, 3.63) is 27.1 Å². The lowest BCUT2D eigenvalue weighted by Gasteiger charge is -2.16. The average molecular weight is 361 g/mol. The quantitative estimate of drug-likeness (QED) is 0.462. The highest BCUT2D eigenvalue weighted by molar-refractivity contribution is 14.1. The number of carbonyl (C=O) groups excluding carboxylic acids is 2. The molecular formula is C12H9FINO3. The number of aliphatic imine (C=N–C) groups is 1. The largest absolute Gasteiger partial charge is 0.465 e. The Labute approximate surface area is 116 Å². The van der Waals surface area contributed by atoms with Gasteiger partial charge in [-0.05, 0) is 41.6 Å². The Morgan fingerprint density at radius 1 is 1.56 bits per heavy atom. The van der Waals surface area contributed by atoms with Crippen molar-refractivity contribution in [2.75, 3.05) is 6.61 Å². The monoisotopic (exact) mass is 361 g/mol. The number of hydrogen-bond donors (Lipinski definition) is 0. The lowest BCUT2D eigenvalue weighted by Crippen LogP contribution is -2.30. The first kappa shape index (κ1) is 13.1. The first-order valence-electron chi connectivity index (χ1n) is 5.28. The van der Waals surface area contributed by atoms with Gasteiger partial charge in [-0.15, -0.1) is 0 Å². The highest BCUT2D eigenvalue weighted by atomic mass is 127. The number of Topliss-reactive ketones (excluding diaryl/α,β-unsaturated/α-hetero) is 1. The predicted molar refractivity (Wildman–Crippen MR) is 71.7 cm³/mol. The molecule has 2 rings (SSSR count). The topological polar surface area (TPSA) is 55.7 Å². The van der Waals surface area contributed by atoms with E-state index < -0.39 is 23.5 Å². The number of hydrogen-bond acceptors (Lipinski definition) is 4. The highest BCUT2D eigenvalue weighted by Crippen LogP contribution is 2.31. The minimum atomic E-state index is -1.07. The Morgan fingerprint density at radius 3 is 2.94 bits per heavy atom. The normalized spacial score (nSPS) is 17.5. The van der Waals surface area contributed by atoms with Crippen LogP contribution in [0.4, 0.5) is 10.1 Å². The van der Waals surface area contributed by atoms with E-state index in [0.717, 1.165) is 6.21 Å². The zero-order valence-electron chi connectivity index (χ0n) is 9.44. The molecule has 6 heteroatoms. The SMILES string of the molecule is CCOC(=O)C1C=Nc2c(F)cc(I)cc2C1=O. The van der Waals surface area contributed by atoms with E-state index in [1.807, 2.05) is 22.6 Å². The van der Waals surface area contributed by atoms with Gasteiger partial charge < -0.3 is 4.74 Å². The van der Waals surface area contributed by atoms with Crippen molar-refractivity contribution in [1.82, 2.24) is 0 Å². The number of carbonyl (C=O) groups is 2. The van der Waals surface area contributed by atoms with Crippen molar-refractivity contribution in [3.63, 3.8) is 0 Å². The van der Waals surface area contributed by atoms with Gasteiger partial charge in [0.2, 0.25) is 0 Å². The molecule has 0 fully saturated rings. The summed E-state index contributed by atoms with van der Waals surface area (Å²) < 4.78 is 19.0. The zero-order chi connectivity index (χ0) is 13.3.